The van der Waals surface area contributed by atoms with Gasteiger partial charge in [0.1, 0.15) is 22.1 Å². The van der Waals surface area contributed by atoms with Gasteiger partial charge in [-0.2, -0.15) is 0 Å². The van der Waals surface area contributed by atoms with Crippen LogP contribution in [0.4, 0.5) is 0 Å². The van der Waals surface area contributed by atoms with Crippen molar-refractivity contribution in [3.8, 4) is 0 Å². The number of aliphatic carboxylic acids is 1. The fraction of sp³-hybridized carbons (Fsp3) is 0.333. The lowest BCUT2D eigenvalue weighted by molar-refractivity contribution is -0.150. The quantitative estimate of drug-likeness (QED) is 0.0880. The Labute approximate surface area is 194 Å². The number of carbonyl (C=O) groups excluding carboxylic acids is 3. The summed E-state index contributed by atoms with van der Waals surface area (Å²) >= 11 is 2.36. The van der Waals surface area contributed by atoms with Crippen LogP contribution >= 0.6 is 23.5 Å². The summed E-state index contributed by atoms with van der Waals surface area (Å²) in [5.41, 5.74) is -0.729. The number of amides is 2. The van der Waals surface area contributed by atoms with E-state index in [9.17, 15) is 29.1 Å². The average molecular weight is 495 g/mol. The Hall–Kier alpha value is -3.46. The van der Waals surface area contributed by atoms with Crippen molar-refractivity contribution in [1.29, 1.82) is 0 Å². The molecule has 174 valence electrons. The summed E-state index contributed by atoms with van der Waals surface area (Å²) in [6.45, 7) is 1.48. The van der Waals surface area contributed by atoms with Gasteiger partial charge in [0.2, 0.25) is 5.71 Å². The molecule has 2 aliphatic rings. The monoisotopic (exact) mass is 495 g/mol. The number of thioether (sulfide) groups is 2. The molecule has 1 aromatic heterocycles. The predicted molar refractivity (Wildman–Crippen MR) is 114 cm³/mol. The number of ketones is 1. The highest BCUT2D eigenvalue weighted by molar-refractivity contribution is 8.01. The standard InChI is InChI=1S/C18H17N5O8S2/c1-2-9(24)11(22-31)14(25)19-12-15(26)23-13(18(29)30)7(6-33-16(12)23)5-32-10-4-3-8(17(27)28)20-21-10/h3-4,12,16,31H,2,5-6H2,1H3,(H,19,25)(H,27,28)(H,29,30)/t12-,16+/m1/s1. The molecule has 0 radical (unpaired) electrons. The van der Waals surface area contributed by atoms with Crippen LogP contribution in [0, 0.1) is 0 Å². The Morgan fingerprint density at radius 2 is 1.97 bits per heavy atom. The highest BCUT2D eigenvalue weighted by atomic mass is 32.2. The molecule has 3 rings (SSSR count). The highest BCUT2D eigenvalue weighted by Crippen LogP contribution is 2.41. The number of β-lactam (4-membered cyclic amide) rings is 1. The highest BCUT2D eigenvalue weighted by Gasteiger charge is 2.54. The van der Waals surface area contributed by atoms with E-state index in [0.29, 0.717) is 10.6 Å². The third kappa shape index (κ3) is 4.83. The zero-order valence-electron chi connectivity index (χ0n) is 16.9. The van der Waals surface area contributed by atoms with E-state index in [1.807, 2.05) is 0 Å². The molecular formula is C18H17N5O8S2. The summed E-state index contributed by atoms with van der Waals surface area (Å²) in [7, 11) is 0. The number of carbonyl (C=O) groups is 5. The van der Waals surface area contributed by atoms with Gasteiger partial charge in [-0.25, -0.2) is 9.59 Å². The van der Waals surface area contributed by atoms with Gasteiger partial charge in [-0.15, -0.1) is 33.7 Å². The molecule has 1 saturated heterocycles. The van der Waals surface area contributed by atoms with E-state index in [4.69, 9.17) is 10.3 Å². The fourth-order valence-corrected chi connectivity index (χ4v) is 5.37. The maximum absolute atomic E-state index is 12.6. The third-order valence-corrected chi connectivity index (χ3v) is 7.04. The molecule has 0 unspecified atom stereocenters. The lowest BCUT2D eigenvalue weighted by atomic mass is 10.0. The molecule has 0 saturated carbocycles. The van der Waals surface area contributed by atoms with E-state index in [0.717, 1.165) is 16.7 Å². The molecular weight excluding hydrogens is 478 g/mol. The number of oxime groups is 1. The van der Waals surface area contributed by atoms with Crippen LogP contribution in [0.2, 0.25) is 0 Å². The molecule has 1 aromatic rings. The van der Waals surface area contributed by atoms with Crippen LogP contribution in [0.25, 0.3) is 0 Å². The van der Waals surface area contributed by atoms with Crippen molar-refractivity contribution < 1.29 is 39.4 Å². The second kappa shape index (κ2) is 9.99. The van der Waals surface area contributed by atoms with Gasteiger partial charge in [0.25, 0.3) is 11.8 Å². The van der Waals surface area contributed by atoms with E-state index in [-0.39, 0.29) is 29.3 Å². The number of aromatic nitrogens is 2. The van der Waals surface area contributed by atoms with Gasteiger partial charge < -0.3 is 20.7 Å². The summed E-state index contributed by atoms with van der Waals surface area (Å²) < 4.78 is 0. The normalized spacial score (nSPS) is 20.1. The Morgan fingerprint density at radius 1 is 1.24 bits per heavy atom. The Kier molecular flexibility index (Phi) is 7.33. The molecule has 0 aromatic carbocycles. The number of nitrogens with zero attached hydrogens (tertiary/aromatic N) is 4. The van der Waals surface area contributed by atoms with E-state index in [2.05, 4.69) is 20.7 Å². The Balaban J connectivity index is 1.72. The summed E-state index contributed by atoms with van der Waals surface area (Å²) in [5.74, 6) is -4.54. The van der Waals surface area contributed by atoms with Gasteiger partial charge in [-0.05, 0) is 17.7 Å². The molecule has 4 N–H and O–H groups in total. The molecule has 0 spiro atoms. The molecule has 0 aliphatic carbocycles. The molecule has 15 heteroatoms. The minimum Gasteiger partial charge on any atom is -0.477 e. The first kappa shape index (κ1) is 24.2. The Bertz CT molecular complexity index is 1090. The zero-order chi connectivity index (χ0) is 24.3. The maximum atomic E-state index is 12.6. The summed E-state index contributed by atoms with van der Waals surface area (Å²) in [4.78, 5) is 60.4. The lowest BCUT2D eigenvalue weighted by Crippen LogP contribution is -2.71. The van der Waals surface area contributed by atoms with Crippen LogP contribution in [-0.4, -0.2) is 88.7 Å². The first-order chi connectivity index (χ1) is 15.7. The SMILES string of the molecule is CCC(=O)C(=NO)C(=O)N[C@@H]1C(=O)N2C(C(=O)O)=C(CSc3ccc(C(=O)O)nn3)CS[C@@H]12. The van der Waals surface area contributed by atoms with Crippen LogP contribution in [0.15, 0.2) is 33.6 Å². The van der Waals surface area contributed by atoms with Gasteiger partial charge in [-0.1, -0.05) is 12.1 Å². The van der Waals surface area contributed by atoms with E-state index in [1.165, 1.54) is 30.8 Å². The number of hydrogen-bond donors (Lipinski definition) is 4. The molecule has 1 fully saturated rings. The van der Waals surface area contributed by atoms with Crippen molar-refractivity contribution >= 4 is 58.8 Å². The van der Waals surface area contributed by atoms with Crippen LogP contribution in [0.1, 0.15) is 23.8 Å². The van der Waals surface area contributed by atoms with Gasteiger partial charge in [-0.3, -0.25) is 19.3 Å². The van der Waals surface area contributed by atoms with Gasteiger partial charge in [0.15, 0.2) is 11.5 Å². The topological polar surface area (TPSA) is 199 Å². The number of Topliss-reactive ketones (excluding diaryl/α,β-unsaturated/α-hetero) is 1. The zero-order valence-corrected chi connectivity index (χ0v) is 18.6. The number of hydrogen-bond acceptors (Lipinski definition) is 11. The molecule has 0 bridgehead atoms. The lowest BCUT2D eigenvalue weighted by Gasteiger charge is -2.49. The number of fused-ring (bicyclic) bond motifs is 1. The predicted octanol–water partition coefficient (Wildman–Crippen LogP) is -0.185. The van der Waals surface area contributed by atoms with Gasteiger partial charge in [0.05, 0.1) is 0 Å². The number of rotatable bonds is 9. The van der Waals surface area contributed by atoms with Crippen molar-refractivity contribution in [2.24, 2.45) is 5.16 Å². The van der Waals surface area contributed by atoms with Crippen LogP contribution < -0.4 is 5.32 Å². The number of carboxylic acids is 2. The molecule has 2 aliphatic heterocycles. The molecule has 3 heterocycles. The third-order valence-electron chi connectivity index (χ3n) is 4.69. The van der Waals surface area contributed by atoms with Crippen molar-refractivity contribution in [3.63, 3.8) is 0 Å². The first-order valence-electron chi connectivity index (χ1n) is 9.35. The fourth-order valence-electron chi connectivity index (χ4n) is 3.07. The number of carboxylic acid groups (broad SMARTS) is 2. The van der Waals surface area contributed by atoms with Gasteiger partial charge in [0, 0.05) is 17.9 Å². The minimum absolute atomic E-state index is 0.0773. The summed E-state index contributed by atoms with van der Waals surface area (Å²) in [5, 5.41) is 39.5. The van der Waals surface area contributed by atoms with Crippen molar-refractivity contribution in [2.45, 2.75) is 29.8 Å². The van der Waals surface area contributed by atoms with Gasteiger partial charge >= 0.3 is 11.9 Å². The molecule has 2 amide bonds. The second-order valence-corrected chi connectivity index (χ2v) is 8.79. The first-order valence-corrected chi connectivity index (χ1v) is 11.4. The average Bonchev–Trinajstić information content (AvgIpc) is 2.80. The van der Waals surface area contributed by atoms with E-state index < -0.39 is 46.7 Å². The van der Waals surface area contributed by atoms with Crippen molar-refractivity contribution in [1.82, 2.24) is 20.4 Å². The second-order valence-electron chi connectivity index (χ2n) is 6.69. The van der Waals surface area contributed by atoms with E-state index >= 15 is 0 Å². The molecule has 33 heavy (non-hydrogen) atoms. The largest absolute Gasteiger partial charge is 0.477 e. The summed E-state index contributed by atoms with van der Waals surface area (Å²) in [6.07, 6.45) is -0.0773. The number of nitrogens with one attached hydrogen (secondary N) is 1. The van der Waals surface area contributed by atoms with Crippen LogP contribution in [-0.2, 0) is 19.2 Å². The van der Waals surface area contributed by atoms with E-state index in [1.54, 1.807) is 0 Å². The van der Waals surface area contributed by atoms with Crippen LogP contribution in [0.3, 0.4) is 0 Å². The maximum Gasteiger partial charge on any atom is 0.356 e. The summed E-state index contributed by atoms with van der Waals surface area (Å²) in [6, 6.07) is 1.64. The van der Waals surface area contributed by atoms with Crippen molar-refractivity contribution in [2.75, 3.05) is 11.5 Å². The van der Waals surface area contributed by atoms with Crippen molar-refractivity contribution in [3.05, 3.63) is 29.1 Å². The number of aromatic carboxylic acids is 1. The Morgan fingerprint density at radius 3 is 2.52 bits per heavy atom. The van der Waals surface area contributed by atoms with Crippen LogP contribution in [0.5, 0.6) is 0 Å². The smallest absolute Gasteiger partial charge is 0.356 e. The minimum atomic E-state index is -1.32. The molecule has 13 nitrogen and oxygen atoms in total. The molecule has 2 atom stereocenters.